The minimum atomic E-state index is 0.678. The van der Waals surface area contributed by atoms with Gasteiger partial charge in [-0.05, 0) is 62.5 Å². The first-order valence-electron chi connectivity index (χ1n) is 11.2. The lowest BCUT2D eigenvalue weighted by molar-refractivity contribution is 0.176. The van der Waals surface area contributed by atoms with Gasteiger partial charge in [0.1, 0.15) is 18.0 Å². The van der Waals surface area contributed by atoms with Gasteiger partial charge in [-0.2, -0.15) is 0 Å². The Hall–Kier alpha value is -3.12. The normalized spacial score (nSPS) is 15.5. The monoisotopic (exact) mass is 412 g/mol. The third kappa shape index (κ3) is 4.49. The maximum absolute atomic E-state index is 4.96. The first kappa shape index (κ1) is 19.8. The molecule has 0 unspecified atom stereocenters. The molecule has 0 amide bonds. The summed E-state index contributed by atoms with van der Waals surface area (Å²) >= 11 is 0. The number of piperidine rings is 1. The van der Waals surface area contributed by atoms with E-state index < -0.39 is 0 Å². The van der Waals surface area contributed by atoms with Crippen molar-refractivity contribution in [1.82, 2.24) is 29.4 Å². The predicted octanol–water partition coefficient (Wildman–Crippen LogP) is 4.23. The highest BCUT2D eigenvalue weighted by molar-refractivity contribution is 5.76. The molecule has 0 bridgehead atoms. The predicted molar refractivity (Wildman–Crippen MR) is 122 cm³/mol. The fourth-order valence-electron chi connectivity index (χ4n) is 4.40. The Balaban J connectivity index is 1.20. The van der Waals surface area contributed by atoms with Crippen molar-refractivity contribution in [3.63, 3.8) is 0 Å². The molecule has 0 aliphatic carbocycles. The van der Waals surface area contributed by atoms with Crippen LogP contribution in [0.5, 0.6) is 0 Å². The van der Waals surface area contributed by atoms with Crippen LogP contribution in [-0.4, -0.2) is 42.5 Å². The molecule has 0 saturated carbocycles. The zero-order valence-corrected chi connectivity index (χ0v) is 18.0. The van der Waals surface area contributed by atoms with Crippen molar-refractivity contribution in [1.29, 1.82) is 0 Å². The highest BCUT2D eigenvalue weighted by atomic mass is 15.1. The van der Waals surface area contributed by atoms with Gasteiger partial charge in [0.05, 0.1) is 11.0 Å². The van der Waals surface area contributed by atoms with Crippen molar-refractivity contribution < 1.29 is 0 Å². The zero-order chi connectivity index (χ0) is 21.0. The van der Waals surface area contributed by atoms with Gasteiger partial charge in [0.25, 0.3) is 0 Å². The molecule has 3 aromatic heterocycles. The number of nitrogens with zero attached hydrogens (tertiary/aromatic N) is 6. The second kappa shape index (κ2) is 8.94. The molecule has 0 atom stereocenters. The first-order valence-corrected chi connectivity index (χ1v) is 11.2. The highest BCUT2D eigenvalue weighted by Crippen LogP contribution is 2.23. The number of rotatable bonds is 6. The molecule has 1 fully saturated rings. The lowest BCUT2D eigenvalue weighted by atomic mass is 9.92. The van der Waals surface area contributed by atoms with Crippen LogP contribution in [0, 0.1) is 5.92 Å². The fourth-order valence-corrected chi connectivity index (χ4v) is 4.40. The number of benzene rings is 1. The van der Waals surface area contributed by atoms with Crippen LogP contribution in [-0.2, 0) is 19.4 Å². The maximum Gasteiger partial charge on any atom is 0.138 e. The van der Waals surface area contributed by atoms with Crippen molar-refractivity contribution in [3.05, 3.63) is 78.3 Å². The van der Waals surface area contributed by atoms with Gasteiger partial charge < -0.3 is 0 Å². The second-order valence-electron chi connectivity index (χ2n) is 8.38. The molecular formula is C25H28N6. The largest absolute Gasteiger partial charge is 0.299 e. The Bertz CT molecular complexity index is 1140. The summed E-state index contributed by atoms with van der Waals surface area (Å²) in [4.78, 5) is 20.8. The standard InChI is InChI=1S/C25H28N6/c1-2-24-26-15-20(16-27-24)17-30-12-10-19(11-13-30)14-21-6-5-9-25(29-21)31-18-28-22-7-3-4-8-23(22)31/h3-9,15-16,18-19H,2,10-14,17H2,1H3. The van der Waals surface area contributed by atoms with Gasteiger partial charge >= 0.3 is 0 Å². The van der Waals surface area contributed by atoms with Gasteiger partial charge in [-0.3, -0.25) is 9.47 Å². The van der Waals surface area contributed by atoms with Crippen LogP contribution in [0.2, 0.25) is 0 Å². The van der Waals surface area contributed by atoms with Gasteiger partial charge in [0, 0.05) is 36.6 Å². The SMILES string of the molecule is CCc1ncc(CN2CCC(Cc3cccc(-n4cnc5ccccc54)n3)CC2)cn1. The van der Waals surface area contributed by atoms with E-state index in [-0.39, 0.29) is 0 Å². The molecule has 0 spiro atoms. The van der Waals surface area contributed by atoms with Crippen LogP contribution >= 0.6 is 0 Å². The summed E-state index contributed by atoms with van der Waals surface area (Å²) in [6.45, 7) is 5.26. The molecule has 6 nitrogen and oxygen atoms in total. The Morgan fingerprint density at radius 1 is 0.935 bits per heavy atom. The van der Waals surface area contributed by atoms with E-state index in [2.05, 4.69) is 55.6 Å². The molecule has 1 saturated heterocycles. The number of hydrogen-bond donors (Lipinski definition) is 0. The Labute approximate surface area is 183 Å². The molecule has 4 heterocycles. The number of likely N-dealkylation sites (tertiary alicyclic amines) is 1. The molecular weight excluding hydrogens is 384 g/mol. The maximum atomic E-state index is 4.96. The van der Waals surface area contributed by atoms with E-state index in [1.807, 2.05) is 36.9 Å². The Morgan fingerprint density at radius 3 is 2.55 bits per heavy atom. The third-order valence-corrected chi connectivity index (χ3v) is 6.18. The molecule has 1 aromatic carbocycles. The topological polar surface area (TPSA) is 59.7 Å². The Morgan fingerprint density at radius 2 is 1.74 bits per heavy atom. The van der Waals surface area contributed by atoms with Gasteiger partial charge in [-0.15, -0.1) is 0 Å². The first-order chi connectivity index (χ1) is 15.3. The molecule has 1 aliphatic rings. The number of pyridine rings is 1. The van der Waals surface area contributed by atoms with Crippen molar-refractivity contribution in [2.45, 2.75) is 39.2 Å². The van der Waals surface area contributed by atoms with Gasteiger partial charge in [-0.1, -0.05) is 25.1 Å². The van der Waals surface area contributed by atoms with Crippen LogP contribution in [0.15, 0.2) is 61.2 Å². The van der Waals surface area contributed by atoms with Crippen LogP contribution in [0.4, 0.5) is 0 Å². The van der Waals surface area contributed by atoms with Crippen molar-refractivity contribution in [3.8, 4) is 5.82 Å². The number of fused-ring (bicyclic) bond motifs is 1. The highest BCUT2D eigenvalue weighted by Gasteiger charge is 2.20. The second-order valence-corrected chi connectivity index (χ2v) is 8.38. The summed E-state index contributed by atoms with van der Waals surface area (Å²) in [6, 6.07) is 14.5. The minimum Gasteiger partial charge on any atom is -0.299 e. The average molecular weight is 413 g/mol. The minimum absolute atomic E-state index is 0.678. The van der Waals surface area contributed by atoms with E-state index in [0.717, 1.165) is 60.8 Å². The van der Waals surface area contributed by atoms with E-state index in [1.54, 1.807) is 0 Å². The zero-order valence-electron chi connectivity index (χ0n) is 18.0. The Kier molecular flexibility index (Phi) is 5.71. The fraction of sp³-hybridized carbons (Fsp3) is 0.360. The number of aryl methyl sites for hydroxylation is 1. The van der Waals surface area contributed by atoms with E-state index in [0.29, 0.717) is 5.92 Å². The number of aromatic nitrogens is 5. The summed E-state index contributed by atoms with van der Waals surface area (Å²) in [7, 11) is 0. The molecule has 158 valence electrons. The van der Waals surface area contributed by atoms with Gasteiger partial charge in [0.15, 0.2) is 0 Å². The number of para-hydroxylation sites is 2. The molecule has 5 rings (SSSR count). The summed E-state index contributed by atoms with van der Waals surface area (Å²) < 4.78 is 2.08. The summed E-state index contributed by atoms with van der Waals surface area (Å²) in [5.41, 5.74) is 4.46. The third-order valence-electron chi connectivity index (χ3n) is 6.18. The van der Waals surface area contributed by atoms with Crippen LogP contribution in [0.25, 0.3) is 16.9 Å². The molecule has 0 radical (unpaired) electrons. The smallest absolute Gasteiger partial charge is 0.138 e. The van der Waals surface area contributed by atoms with Crippen LogP contribution < -0.4 is 0 Å². The number of imidazole rings is 1. The molecule has 6 heteroatoms. The van der Waals surface area contributed by atoms with Gasteiger partial charge in [-0.25, -0.2) is 19.9 Å². The molecule has 4 aromatic rings. The quantitative estimate of drug-likeness (QED) is 0.474. The van der Waals surface area contributed by atoms with Crippen LogP contribution in [0.3, 0.4) is 0 Å². The average Bonchev–Trinajstić information content (AvgIpc) is 3.25. The lowest BCUT2D eigenvalue weighted by Crippen LogP contribution is -2.34. The van der Waals surface area contributed by atoms with Crippen molar-refractivity contribution >= 4 is 11.0 Å². The van der Waals surface area contributed by atoms with E-state index in [9.17, 15) is 0 Å². The summed E-state index contributed by atoms with van der Waals surface area (Å²) in [5.74, 6) is 2.54. The molecule has 1 aliphatic heterocycles. The van der Waals surface area contributed by atoms with Crippen LogP contribution in [0.1, 0.15) is 36.8 Å². The van der Waals surface area contributed by atoms with Crippen molar-refractivity contribution in [2.75, 3.05) is 13.1 Å². The molecule has 0 N–H and O–H groups in total. The van der Waals surface area contributed by atoms with Gasteiger partial charge in [0.2, 0.25) is 0 Å². The van der Waals surface area contributed by atoms with E-state index in [4.69, 9.17) is 4.98 Å². The summed E-state index contributed by atoms with van der Waals surface area (Å²) in [5, 5.41) is 0. The van der Waals surface area contributed by atoms with E-state index in [1.165, 1.54) is 18.4 Å². The van der Waals surface area contributed by atoms with Crippen molar-refractivity contribution in [2.24, 2.45) is 5.92 Å². The van der Waals surface area contributed by atoms with E-state index >= 15 is 0 Å². The lowest BCUT2D eigenvalue weighted by Gasteiger charge is -2.31. The molecule has 31 heavy (non-hydrogen) atoms. The summed E-state index contributed by atoms with van der Waals surface area (Å²) in [6.07, 6.45) is 10.1. The number of hydrogen-bond acceptors (Lipinski definition) is 5.